The fraction of sp³-hybridized carbons (Fsp3) is 0.941. The first kappa shape index (κ1) is 14.4. The van der Waals surface area contributed by atoms with Gasteiger partial charge in [0.25, 0.3) is 0 Å². The molecule has 2 aliphatic heterocycles. The lowest BCUT2D eigenvalue weighted by atomic mass is 9.71. The van der Waals surface area contributed by atoms with Crippen LogP contribution in [0, 0.1) is 11.3 Å². The third-order valence-corrected chi connectivity index (χ3v) is 5.91. The quantitative estimate of drug-likeness (QED) is 0.775. The number of amides is 1. The molecule has 0 aromatic rings. The molecule has 0 unspecified atom stereocenters. The van der Waals surface area contributed by atoms with E-state index >= 15 is 0 Å². The summed E-state index contributed by atoms with van der Waals surface area (Å²) >= 11 is 0. The van der Waals surface area contributed by atoms with Crippen molar-refractivity contribution in [3.05, 3.63) is 0 Å². The van der Waals surface area contributed by atoms with Gasteiger partial charge in [0.15, 0.2) is 0 Å². The molecule has 2 heterocycles. The van der Waals surface area contributed by atoms with E-state index in [-0.39, 0.29) is 0 Å². The number of hydrogen-bond acceptors (Lipinski definition) is 2. The predicted molar refractivity (Wildman–Crippen MR) is 81.5 cm³/mol. The third-order valence-electron chi connectivity index (χ3n) is 5.91. The summed E-state index contributed by atoms with van der Waals surface area (Å²) in [6.07, 6.45) is 8.72. The zero-order valence-electron chi connectivity index (χ0n) is 13.2. The van der Waals surface area contributed by atoms with E-state index in [4.69, 9.17) is 0 Å². The molecular weight excluding hydrogens is 248 g/mol. The van der Waals surface area contributed by atoms with Crippen LogP contribution in [0.25, 0.3) is 0 Å². The highest BCUT2D eigenvalue weighted by Gasteiger charge is 2.47. The largest absolute Gasteiger partial charge is 0.341 e. The maximum atomic E-state index is 12.5. The Bertz CT molecular complexity index is 344. The van der Waals surface area contributed by atoms with Crippen LogP contribution in [0.15, 0.2) is 0 Å². The molecule has 0 radical (unpaired) electrons. The number of carbonyl (C=O) groups is 1. The first-order valence-corrected chi connectivity index (χ1v) is 8.62. The van der Waals surface area contributed by atoms with Gasteiger partial charge in [0.05, 0.1) is 0 Å². The van der Waals surface area contributed by atoms with Crippen molar-refractivity contribution in [3.63, 3.8) is 0 Å². The Labute approximate surface area is 123 Å². The fourth-order valence-corrected chi connectivity index (χ4v) is 4.36. The number of carbonyl (C=O) groups excluding carboxylic acids is 1. The predicted octanol–water partition coefficient (Wildman–Crippen LogP) is 2.90. The zero-order chi connectivity index (χ0) is 14.2. The molecule has 1 aliphatic carbocycles. The summed E-state index contributed by atoms with van der Waals surface area (Å²) in [5.41, 5.74) is 0.482. The van der Waals surface area contributed by atoms with Gasteiger partial charge in [-0.15, -0.1) is 0 Å². The van der Waals surface area contributed by atoms with Crippen molar-refractivity contribution in [2.24, 2.45) is 11.3 Å². The Morgan fingerprint density at radius 2 is 1.65 bits per heavy atom. The standard InChI is InChI=1S/C17H30N2O/c1-14(2)18-10-8-17(9-11-18)12-19(13-17)16(20)15-6-4-3-5-7-15/h14-15H,3-13H2,1-2H3. The maximum Gasteiger partial charge on any atom is 0.225 e. The molecule has 0 N–H and O–H groups in total. The number of likely N-dealkylation sites (tertiary alicyclic amines) is 2. The van der Waals surface area contributed by atoms with Crippen molar-refractivity contribution in [1.82, 2.24) is 9.80 Å². The van der Waals surface area contributed by atoms with Crippen molar-refractivity contribution in [3.8, 4) is 0 Å². The zero-order valence-corrected chi connectivity index (χ0v) is 13.2. The van der Waals surface area contributed by atoms with Crippen LogP contribution in [-0.4, -0.2) is 47.9 Å². The van der Waals surface area contributed by atoms with Crippen LogP contribution in [0.1, 0.15) is 58.8 Å². The lowest BCUT2D eigenvalue weighted by Gasteiger charge is -2.55. The highest BCUT2D eigenvalue weighted by Crippen LogP contribution is 2.42. The number of piperidine rings is 1. The minimum Gasteiger partial charge on any atom is -0.341 e. The Hall–Kier alpha value is -0.570. The highest BCUT2D eigenvalue weighted by atomic mass is 16.2. The smallest absolute Gasteiger partial charge is 0.225 e. The normalized spacial score (nSPS) is 27.9. The summed E-state index contributed by atoms with van der Waals surface area (Å²) in [5, 5.41) is 0. The van der Waals surface area contributed by atoms with Gasteiger partial charge < -0.3 is 9.80 Å². The van der Waals surface area contributed by atoms with Gasteiger partial charge in [-0.25, -0.2) is 0 Å². The molecule has 1 saturated carbocycles. The molecule has 114 valence electrons. The molecule has 0 aromatic heterocycles. The Balaban J connectivity index is 1.47. The molecule has 0 atom stereocenters. The van der Waals surface area contributed by atoms with Crippen molar-refractivity contribution >= 4 is 5.91 Å². The van der Waals surface area contributed by atoms with E-state index in [1.54, 1.807) is 0 Å². The molecule has 3 rings (SSSR count). The summed E-state index contributed by atoms with van der Waals surface area (Å²) in [4.78, 5) is 17.2. The average Bonchev–Trinajstić information content (AvgIpc) is 2.45. The van der Waals surface area contributed by atoms with E-state index in [0.717, 1.165) is 25.9 Å². The average molecular weight is 278 g/mol. The Kier molecular flexibility index (Phi) is 4.07. The van der Waals surface area contributed by atoms with Gasteiger partial charge in [-0.3, -0.25) is 4.79 Å². The van der Waals surface area contributed by atoms with E-state index in [2.05, 4.69) is 23.6 Å². The second-order valence-electron chi connectivity index (χ2n) is 7.66. The Morgan fingerprint density at radius 3 is 2.20 bits per heavy atom. The van der Waals surface area contributed by atoms with Gasteiger partial charge in [0.2, 0.25) is 5.91 Å². The highest BCUT2D eigenvalue weighted by molar-refractivity contribution is 5.80. The first-order valence-electron chi connectivity index (χ1n) is 8.62. The number of rotatable bonds is 2. The minimum atomic E-state index is 0.358. The lowest BCUT2D eigenvalue weighted by molar-refractivity contribution is -0.152. The SMILES string of the molecule is CC(C)N1CCC2(CC1)CN(C(=O)C1CCCCC1)C2. The molecule has 3 heteroatoms. The molecule has 0 aromatic carbocycles. The molecule has 0 bridgehead atoms. The molecule has 1 amide bonds. The van der Waals surface area contributed by atoms with Crippen molar-refractivity contribution in [2.45, 2.75) is 64.8 Å². The molecule has 3 fully saturated rings. The van der Waals surface area contributed by atoms with Crippen LogP contribution >= 0.6 is 0 Å². The van der Waals surface area contributed by atoms with Crippen molar-refractivity contribution in [1.29, 1.82) is 0 Å². The van der Waals surface area contributed by atoms with Crippen LogP contribution in [0.2, 0.25) is 0 Å². The minimum absolute atomic E-state index is 0.358. The van der Waals surface area contributed by atoms with Gasteiger partial charge in [-0.05, 0) is 52.6 Å². The van der Waals surface area contributed by atoms with Crippen molar-refractivity contribution in [2.75, 3.05) is 26.2 Å². The summed E-state index contributed by atoms with van der Waals surface area (Å²) in [7, 11) is 0. The van der Waals surface area contributed by atoms with E-state index in [1.807, 2.05) is 0 Å². The number of nitrogens with zero attached hydrogens (tertiary/aromatic N) is 2. The fourth-order valence-electron chi connectivity index (χ4n) is 4.36. The molecule has 2 saturated heterocycles. The van der Waals surface area contributed by atoms with Crippen molar-refractivity contribution < 1.29 is 4.79 Å². The summed E-state index contributed by atoms with van der Waals surface area (Å²) in [5.74, 6) is 0.832. The number of hydrogen-bond donors (Lipinski definition) is 0. The van der Waals surface area contributed by atoms with E-state index in [0.29, 0.717) is 23.3 Å². The monoisotopic (exact) mass is 278 g/mol. The summed E-state index contributed by atoms with van der Waals surface area (Å²) < 4.78 is 0. The van der Waals surface area contributed by atoms with Crippen LogP contribution in [-0.2, 0) is 4.79 Å². The molecule has 20 heavy (non-hydrogen) atoms. The maximum absolute atomic E-state index is 12.5. The van der Waals surface area contributed by atoms with Crippen LogP contribution in [0.5, 0.6) is 0 Å². The van der Waals surface area contributed by atoms with Gasteiger partial charge in [-0.1, -0.05) is 19.3 Å². The topological polar surface area (TPSA) is 23.6 Å². The molecule has 1 spiro atoms. The second kappa shape index (κ2) is 5.67. The summed E-state index contributed by atoms with van der Waals surface area (Å²) in [6.45, 7) is 9.13. The van der Waals surface area contributed by atoms with Crippen LogP contribution in [0.3, 0.4) is 0 Å². The molecular formula is C17H30N2O. The second-order valence-corrected chi connectivity index (χ2v) is 7.66. The van der Waals surface area contributed by atoms with Gasteiger partial charge >= 0.3 is 0 Å². The van der Waals surface area contributed by atoms with E-state index < -0.39 is 0 Å². The Morgan fingerprint density at radius 1 is 1.05 bits per heavy atom. The van der Waals surface area contributed by atoms with E-state index in [1.165, 1.54) is 45.2 Å². The van der Waals surface area contributed by atoms with Crippen LogP contribution < -0.4 is 0 Å². The van der Waals surface area contributed by atoms with Gasteiger partial charge in [0.1, 0.15) is 0 Å². The van der Waals surface area contributed by atoms with Crippen LogP contribution in [0.4, 0.5) is 0 Å². The molecule has 3 aliphatic rings. The van der Waals surface area contributed by atoms with Gasteiger partial charge in [-0.2, -0.15) is 0 Å². The third kappa shape index (κ3) is 2.74. The lowest BCUT2D eigenvalue weighted by Crippen LogP contribution is -2.63. The summed E-state index contributed by atoms with van der Waals surface area (Å²) in [6, 6.07) is 0.674. The molecule has 3 nitrogen and oxygen atoms in total. The first-order chi connectivity index (χ1) is 9.60. The van der Waals surface area contributed by atoms with E-state index in [9.17, 15) is 4.79 Å². The van der Waals surface area contributed by atoms with Gasteiger partial charge in [0, 0.05) is 30.5 Å².